The van der Waals surface area contributed by atoms with E-state index in [0.29, 0.717) is 0 Å². The number of benzene rings is 1. The molecule has 1 aromatic heterocycles. The third-order valence-electron chi connectivity index (χ3n) is 4.29. The summed E-state index contributed by atoms with van der Waals surface area (Å²) in [5.41, 5.74) is 2.22. The summed E-state index contributed by atoms with van der Waals surface area (Å²) in [7, 11) is 2.05. The van der Waals surface area contributed by atoms with Gasteiger partial charge >= 0.3 is 0 Å². The van der Waals surface area contributed by atoms with E-state index in [1.54, 1.807) is 0 Å². The van der Waals surface area contributed by atoms with Crippen LogP contribution in [0.1, 0.15) is 25.8 Å². The van der Waals surface area contributed by atoms with Crippen molar-refractivity contribution in [3.63, 3.8) is 0 Å². The quantitative estimate of drug-likeness (QED) is 0.730. The lowest BCUT2D eigenvalue weighted by atomic mass is 9.89. The number of nitrogens with zero attached hydrogens (tertiary/aromatic N) is 2. The average molecular weight is 224 g/mol. The van der Waals surface area contributed by atoms with Crippen LogP contribution in [0.3, 0.4) is 0 Å². The van der Waals surface area contributed by atoms with E-state index in [4.69, 9.17) is 0 Å². The fourth-order valence-electron chi connectivity index (χ4n) is 3.01. The molecule has 2 aromatic rings. The highest BCUT2D eigenvalue weighted by Crippen LogP contribution is 2.65. The molecule has 2 heteroatoms. The first kappa shape index (κ1) is 10.4. The van der Waals surface area contributed by atoms with Gasteiger partial charge in [-0.3, -0.25) is 0 Å². The number of rotatable bonds is 1. The molecule has 0 N–H and O–H groups in total. The molecule has 2 nitrogen and oxygen atoms in total. The largest absolute Gasteiger partial charge is 0.350 e. The van der Waals surface area contributed by atoms with Crippen LogP contribution in [0.25, 0.3) is 10.9 Å². The molecule has 1 aliphatic rings. The maximum absolute atomic E-state index is 9.56. The van der Waals surface area contributed by atoms with Gasteiger partial charge < -0.3 is 4.57 Å². The highest BCUT2D eigenvalue weighted by Gasteiger charge is 2.63. The number of hydrogen-bond donors (Lipinski definition) is 0. The molecule has 1 atom stereocenters. The monoisotopic (exact) mass is 224 g/mol. The Morgan fingerprint density at radius 1 is 1.29 bits per heavy atom. The van der Waals surface area contributed by atoms with Crippen molar-refractivity contribution in [2.24, 2.45) is 12.5 Å². The smallest absolute Gasteiger partial charge is 0.0900 e. The maximum Gasteiger partial charge on any atom is 0.0900 e. The minimum absolute atomic E-state index is 0.103. The van der Waals surface area contributed by atoms with Gasteiger partial charge in [0.2, 0.25) is 0 Å². The maximum atomic E-state index is 9.56. The number of nitriles is 1. The molecular weight excluding hydrogens is 208 g/mol. The normalized spacial score (nSPS) is 25.8. The van der Waals surface area contributed by atoms with Crippen LogP contribution in [0, 0.1) is 16.7 Å². The summed E-state index contributed by atoms with van der Waals surface area (Å²) < 4.78 is 2.12. The lowest BCUT2D eigenvalue weighted by molar-refractivity contribution is 0.571. The van der Waals surface area contributed by atoms with E-state index >= 15 is 0 Å². The molecule has 0 saturated heterocycles. The molecule has 3 rings (SSSR count). The van der Waals surface area contributed by atoms with Gasteiger partial charge in [-0.05, 0) is 23.5 Å². The van der Waals surface area contributed by atoms with Crippen molar-refractivity contribution in [2.45, 2.75) is 25.7 Å². The van der Waals surface area contributed by atoms with Gasteiger partial charge in [0.1, 0.15) is 0 Å². The number of aromatic nitrogens is 1. The van der Waals surface area contributed by atoms with Crippen LogP contribution in [0.5, 0.6) is 0 Å². The lowest BCUT2D eigenvalue weighted by Gasteiger charge is -2.10. The molecule has 17 heavy (non-hydrogen) atoms. The standard InChI is InChI=1S/C15H16N2/c1-14(2)9-15(14,10-16)12-8-17(3)13-7-5-4-6-11(12)13/h4-8H,9H2,1-3H3. The molecule has 1 fully saturated rings. The van der Waals surface area contributed by atoms with Gasteiger partial charge in [-0.15, -0.1) is 0 Å². The van der Waals surface area contributed by atoms with E-state index in [0.717, 1.165) is 6.42 Å². The van der Waals surface area contributed by atoms with Gasteiger partial charge in [-0.1, -0.05) is 32.0 Å². The topological polar surface area (TPSA) is 28.7 Å². The van der Waals surface area contributed by atoms with E-state index < -0.39 is 0 Å². The third-order valence-corrected chi connectivity index (χ3v) is 4.29. The van der Waals surface area contributed by atoms with Crippen LogP contribution in [0.4, 0.5) is 0 Å². The van der Waals surface area contributed by atoms with Crippen molar-refractivity contribution >= 4 is 10.9 Å². The minimum atomic E-state index is -0.284. The Hall–Kier alpha value is -1.75. The predicted octanol–water partition coefficient (Wildman–Crippen LogP) is 3.37. The van der Waals surface area contributed by atoms with Crippen molar-refractivity contribution in [2.75, 3.05) is 0 Å². The lowest BCUT2D eigenvalue weighted by Crippen LogP contribution is -2.11. The summed E-state index contributed by atoms with van der Waals surface area (Å²) in [4.78, 5) is 0. The van der Waals surface area contributed by atoms with Crippen LogP contribution in [0.2, 0.25) is 0 Å². The van der Waals surface area contributed by atoms with Crippen molar-refractivity contribution in [3.05, 3.63) is 36.0 Å². The summed E-state index contributed by atoms with van der Waals surface area (Å²) in [6.07, 6.45) is 3.09. The molecule has 0 radical (unpaired) electrons. The molecule has 86 valence electrons. The Balaban J connectivity index is 2.31. The van der Waals surface area contributed by atoms with E-state index in [-0.39, 0.29) is 10.8 Å². The molecule has 0 aliphatic heterocycles. The Bertz CT molecular complexity index is 642. The Morgan fingerprint density at radius 3 is 2.53 bits per heavy atom. The van der Waals surface area contributed by atoms with E-state index in [1.165, 1.54) is 16.5 Å². The van der Waals surface area contributed by atoms with Crippen LogP contribution >= 0.6 is 0 Å². The van der Waals surface area contributed by atoms with Gasteiger partial charge in [0, 0.05) is 24.1 Å². The molecule has 0 bridgehead atoms. The first-order valence-corrected chi connectivity index (χ1v) is 5.98. The zero-order valence-corrected chi connectivity index (χ0v) is 10.5. The summed E-state index contributed by atoms with van der Waals surface area (Å²) in [5, 5.41) is 10.8. The van der Waals surface area contributed by atoms with Crippen molar-refractivity contribution < 1.29 is 0 Å². The highest BCUT2D eigenvalue weighted by atomic mass is 14.9. The molecule has 1 aliphatic carbocycles. The van der Waals surface area contributed by atoms with Crippen LogP contribution in [0.15, 0.2) is 30.5 Å². The van der Waals surface area contributed by atoms with E-state index in [9.17, 15) is 5.26 Å². The molecule has 0 amide bonds. The third kappa shape index (κ3) is 1.14. The number of para-hydroxylation sites is 1. The fraction of sp³-hybridized carbons (Fsp3) is 0.400. The zero-order valence-electron chi connectivity index (χ0n) is 10.5. The van der Waals surface area contributed by atoms with Gasteiger partial charge in [0.25, 0.3) is 0 Å². The molecular formula is C15H16N2. The number of fused-ring (bicyclic) bond motifs is 1. The second kappa shape index (κ2) is 2.92. The van der Waals surface area contributed by atoms with Crippen molar-refractivity contribution in [1.82, 2.24) is 4.57 Å². The molecule has 1 aromatic carbocycles. The van der Waals surface area contributed by atoms with Crippen LogP contribution < -0.4 is 0 Å². The summed E-state index contributed by atoms with van der Waals surface area (Å²) >= 11 is 0. The first-order chi connectivity index (χ1) is 8.02. The second-order valence-corrected chi connectivity index (χ2v) is 5.75. The molecule has 1 heterocycles. The van der Waals surface area contributed by atoms with Gasteiger partial charge in [0.15, 0.2) is 0 Å². The number of hydrogen-bond acceptors (Lipinski definition) is 1. The second-order valence-electron chi connectivity index (χ2n) is 5.75. The number of aryl methyl sites for hydroxylation is 1. The molecule has 1 saturated carbocycles. The summed E-state index contributed by atoms with van der Waals surface area (Å²) in [6.45, 7) is 4.36. The molecule has 0 spiro atoms. The van der Waals surface area contributed by atoms with Crippen LogP contribution in [-0.2, 0) is 12.5 Å². The van der Waals surface area contributed by atoms with E-state index in [1.807, 2.05) is 19.2 Å². The summed E-state index contributed by atoms with van der Waals surface area (Å²) in [5.74, 6) is 0. The zero-order chi connectivity index (χ0) is 12.3. The van der Waals surface area contributed by atoms with Gasteiger partial charge in [-0.25, -0.2) is 0 Å². The van der Waals surface area contributed by atoms with E-state index in [2.05, 4.69) is 42.8 Å². The van der Waals surface area contributed by atoms with Crippen molar-refractivity contribution in [3.8, 4) is 6.07 Å². The van der Waals surface area contributed by atoms with Crippen molar-refractivity contribution in [1.29, 1.82) is 5.26 Å². The molecule has 1 unspecified atom stereocenters. The Labute approximate surface area is 101 Å². The Morgan fingerprint density at radius 2 is 1.94 bits per heavy atom. The fourth-order valence-corrected chi connectivity index (χ4v) is 3.01. The highest BCUT2D eigenvalue weighted by molar-refractivity contribution is 5.86. The predicted molar refractivity (Wildman–Crippen MR) is 68.6 cm³/mol. The Kier molecular flexibility index (Phi) is 1.79. The average Bonchev–Trinajstić information content (AvgIpc) is 2.72. The van der Waals surface area contributed by atoms with Crippen LogP contribution in [-0.4, -0.2) is 4.57 Å². The first-order valence-electron chi connectivity index (χ1n) is 5.98. The van der Waals surface area contributed by atoms with Gasteiger partial charge in [-0.2, -0.15) is 5.26 Å². The SMILES string of the molecule is Cn1cc(C2(C#N)CC2(C)C)c2ccccc21. The van der Waals surface area contributed by atoms with Gasteiger partial charge in [0.05, 0.1) is 11.5 Å². The minimum Gasteiger partial charge on any atom is -0.350 e. The summed E-state index contributed by atoms with van der Waals surface area (Å²) in [6, 6.07) is 10.9.